The molecule has 0 aromatic heterocycles. The van der Waals surface area contributed by atoms with Crippen LogP contribution in [0.1, 0.15) is 0 Å². The molecule has 0 aromatic rings. The summed E-state index contributed by atoms with van der Waals surface area (Å²) in [6, 6.07) is 0. The van der Waals surface area contributed by atoms with Crippen LogP contribution in [0.25, 0.3) is 0 Å². The van der Waals surface area contributed by atoms with E-state index in [1.165, 1.54) is 0 Å². The van der Waals surface area contributed by atoms with Crippen molar-refractivity contribution < 1.29 is 9.41 Å². The molecule has 2 nitrogen and oxygen atoms in total. The zero-order valence-corrected chi connectivity index (χ0v) is 12.1. The van der Waals surface area contributed by atoms with Gasteiger partial charge >= 0.3 is 0 Å². The maximum absolute atomic E-state index is 4.83. The zero-order valence-electron chi connectivity index (χ0n) is 10.5. The standard InChI is InChI=1S/2C6H10NS.2FH/c2*1-3-5-7(8)6-4-2;;/h2*3-4H,1-2,5-6H2;2*1H. The molecule has 0 N–H and O–H groups in total. The Labute approximate surface area is 121 Å². The lowest BCUT2D eigenvalue weighted by atomic mass is 10.5. The van der Waals surface area contributed by atoms with E-state index in [-0.39, 0.29) is 9.41 Å². The third-order valence-electron chi connectivity index (χ3n) is 1.33. The van der Waals surface area contributed by atoms with Crippen LogP contribution in [-0.4, -0.2) is 34.8 Å². The van der Waals surface area contributed by atoms with E-state index in [9.17, 15) is 0 Å². The largest absolute Gasteiger partial charge is 0.269 e. The second-order valence-corrected chi connectivity index (χ2v) is 3.88. The molecule has 0 heterocycles. The monoisotopic (exact) mass is 296 g/mol. The van der Waals surface area contributed by atoms with Crippen molar-refractivity contribution in [2.75, 3.05) is 26.2 Å². The Morgan fingerprint density at radius 1 is 0.611 bits per heavy atom. The first-order valence-electron chi connectivity index (χ1n) is 4.90. The summed E-state index contributed by atoms with van der Waals surface area (Å²) in [6.45, 7) is 17.2. The minimum Gasteiger partial charge on any atom is -0.269 e. The van der Waals surface area contributed by atoms with Crippen LogP contribution in [0.3, 0.4) is 0 Å². The minimum atomic E-state index is 0. The molecule has 0 rings (SSSR count). The van der Waals surface area contributed by atoms with Gasteiger partial charge in [-0.15, -0.1) is 26.3 Å². The lowest BCUT2D eigenvalue weighted by Gasteiger charge is -2.05. The van der Waals surface area contributed by atoms with Crippen molar-refractivity contribution in [2.45, 2.75) is 0 Å². The van der Waals surface area contributed by atoms with Crippen molar-refractivity contribution in [2.24, 2.45) is 0 Å². The average Bonchev–Trinajstić information content (AvgIpc) is 2.20. The predicted octanol–water partition coefficient (Wildman–Crippen LogP) is 3.85. The molecule has 0 saturated heterocycles. The first-order valence-corrected chi connectivity index (χ1v) is 5.63. The highest BCUT2D eigenvalue weighted by Crippen LogP contribution is 1.91. The summed E-state index contributed by atoms with van der Waals surface area (Å²) in [7, 11) is 0. The molecule has 0 unspecified atom stereocenters. The van der Waals surface area contributed by atoms with Crippen molar-refractivity contribution in [3.63, 3.8) is 0 Å². The van der Waals surface area contributed by atoms with Gasteiger partial charge in [0.1, 0.15) is 0 Å². The molecule has 6 heteroatoms. The van der Waals surface area contributed by atoms with E-state index in [1.807, 2.05) is 0 Å². The average molecular weight is 296 g/mol. The van der Waals surface area contributed by atoms with Crippen LogP contribution in [0.15, 0.2) is 50.6 Å². The second kappa shape index (κ2) is 21.7. The van der Waals surface area contributed by atoms with Crippen LogP contribution in [0.4, 0.5) is 9.41 Å². The Morgan fingerprint density at radius 2 is 0.778 bits per heavy atom. The number of rotatable bonds is 8. The van der Waals surface area contributed by atoms with Crippen molar-refractivity contribution in [3.05, 3.63) is 50.6 Å². The van der Waals surface area contributed by atoms with E-state index < -0.39 is 0 Å². The van der Waals surface area contributed by atoms with Gasteiger partial charge in [-0.3, -0.25) is 9.41 Å². The third-order valence-corrected chi connectivity index (χ3v) is 1.93. The third kappa shape index (κ3) is 24.6. The summed E-state index contributed by atoms with van der Waals surface area (Å²) in [5.41, 5.74) is 0. The Balaban J connectivity index is -0.0000000980. The second-order valence-electron chi connectivity index (χ2n) is 2.85. The van der Waals surface area contributed by atoms with Crippen LogP contribution >= 0.6 is 25.6 Å². The van der Waals surface area contributed by atoms with E-state index >= 15 is 0 Å². The van der Waals surface area contributed by atoms with Crippen LogP contribution in [0, 0.1) is 0 Å². The molecule has 18 heavy (non-hydrogen) atoms. The Morgan fingerprint density at radius 3 is 0.889 bits per heavy atom. The molecule has 2 radical (unpaired) electrons. The molecule has 106 valence electrons. The van der Waals surface area contributed by atoms with Gasteiger partial charge in [0.05, 0.1) is 0 Å². The maximum Gasteiger partial charge on any atom is 0.0279 e. The molecule has 0 aromatic carbocycles. The van der Waals surface area contributed by atoms with Crippen LogP contribution in [0.5, 0.6) is 0 Å². The van der Waals surface area contributed by atoms with Gasteiger partial charge in [0, 0.05) is 51.8 Å². The summed E-state index contributed by atoms with van der Waals surface area (Å²) < 4.78 is 3.42. The molecular formula is C12H22F2N2S2. The van der Waals surface area contributed by atoms with Gasteiger partial charge in [0.15, 0.2) is 0 Å². The van der Waals surface area contributed by atoms with Crippen LogP contribution in [-0.2, 0) is 0 Å². The van der Waals surface area contributed by atoms with Crippen LogP contribution in [0.2, 0.25) is 0 Å². The zero-order chi connectivity index (χ0) is 12.8. The first-order chi connectivity index (χ1) is 7.62. The number of hydrogen-bond acceptors (Lipinski definition) is 2. The van der Waals surface area contributed by atoms with E-state index in [0.29, 0.717) is 0 Å². The van der Waals surface area contributed by atoms with Gasteiger partial charge in [-0.1, -0.05) is 24.3 Å². The van der Waals surface area contributed by atoms with E-state index in [2.05, 4.69) is 26.3 Å². The first kappa shape index (κ1) is 26.1. The molecule has 0 bridgehead atoms. The van der Waals surface area contributed by atoms with Crippen molar-refractivity contribution >= 4 is 25.6 Å². The Kier molecular flexibility index (Phi) is 31.5. The summed E-state index contributed by atoms with van der Waals surface area (Å²) in [4.78, 5) is 0. The summed E-state index contributed by atoms with van der Waals surface area (Å²) in [6.07, 6.45) is 7.10. The molecule has 0 aliphatic carbocycles. The predicted molar refractivity (Wildman–Crippen MR) is 84.1 cm³/mol. The number of hydrogen-bond donors (Lipinski definition) is 0. The Hall–Kier alpha value is -0.560. The lowest BCUT2D eigenvalue weighted by Crippen LogP contribution is -2.10. The van der Waals surface area contributed by atoms with Gasteiger partial charge in [0.2, 0.25) is 0 Å². The Bertz CT molecular complexity index is 172. The topological polar surface area (TPSA) is 6.48 Å². The lowest BCUT2D eigenvalue weighted by molar-refractivity contribution is 0.588. The minimum absolute atomic E-state index is 0. The number of nitrogens with zero attached hydrogens (tertiary/aromatic N) is 2. The van der Waals surface area contributed by atoms with Crippen molar-refractivity contribution in [3.8, 4) is 0 Å². The summed E-state index contributed by atoms with van der Waals surface area (Å²) in [5, 5.41) is 0. The van der Waals surface area contributed by atoms with Gasteiger partial charge in [-0.05, 0) is 0 Å². The number of halogens is 2. The fourth-order valence-electron chi connectivity index (χ4n) is 0.725. The van der Waals surface area contributed by atoms with Gasteiger partial charge in [0.25, 0.3) is 0 Å². The van der Waals surface area contributed by atoms with E-state index in [0.717, 1.165) is 26.2 Å². The SMILES string of the molecule is C=CCN([S])CC=C.C=CCN([S])CC=C.F.F. The van der Waals surface area contributed by atoms with E-state index in [4.69, 9.17) is 25.6 Å². The molecule has 0 saturated carbocycles. The highest BCUT2D eigenvalue weighted by atomic mass is 32.1. The molecule has 0 spiro atoms. The normalized spacial score (nSPS) is 8.22. The molecule has 0 amide bonds. The molecule has 0 aliphatic rings. The molecule has 0 aliphatic heterocycles. The highest BCUT2D eigenvalue weighted by Gasteiger charge is 1.89. The fourth-order valence-corrected chi connectivity index (χ4v) is 1.15. The molecule has 0 atom stereocenters. The quantitative estimate of drug-likeness (QED) is 0.628. The van der Waals surface area contributed by atoms with Crippen molar-refractivity contribution in [1.82, 2.24) is 8.61 Å². The van der Waals surface area contributed by atoms with Gasteiger partial charge in [-0.25, -0.2) is 8.61 Å². The maximum atomic E-state index is 4.83. The van der Waals surface area contributed by atoms with Crippen LogP contribution < -0.4 is 0 Å². The molecular weight excluding hydrogens is 274 g/mol. The smallest absolute Gasteiger partial charge is 0.0279 e. The fraction of sp³-hybridized carbons (Fsp3) is 0.333. The highest BCUT2D eigenvalue weighted by molar-refractivity contribution is 7.77. The molecule has 0 fully saturated rings. The van der Waals surface area contributed by atoms with Gasteiger partial charge in [-0.2, -0.15) is 0 Å². The van der Waals surface area contributed by atoms with E-state index in [1.54, 1.807) is 32.9 Å². The summed E-state index contributed by atoms with van der Waals surface area (Å²) in [5.74, 6) is 0. The van der Waals surface area contributed by atoms with Gasteiger partial charge < -0.3 is 0 Å². The van der Waals surface area contributed by atoms with Crippen molar-refractivity contribution in [1.29, 1.82) is 0 Å². The summed E-state index contributed by atoms with van der Waals surface area (Å²) >= 11 is 9.65.